The Bertz CT molecular complexity index is 947. The van der Waals surface area contributed by atoms with Gasteiger partial charge in [-0.1, -0.05) is 60.7 Å². The molecule has 22 heavy (non-hydrogen) atoms. The van der Waals surface area contributed by atoms with Gasteiger partial charge in [-0.3, -0.25) is 0 Å². The lowest BCUT2D eigenvalue weighted by atomic mass is 9.90. The van der Waals surface area contributed by atoms with Crippen molar-refractivity contribution < 1.29 is 0 Å². The predicted molar refractivity (Wildman–Crippen MR) is 94.0 cm³/mol. The fourth-order valence-electron chi connectivity index (χ4n) is 3.61. The molecule has 0 fully saturated rings. The van der Waals surface area contributed by atoms with Crippen LogP contribution in [0.2, 0.25) is 0 Å². The molecular formula is C21H15N. The Morgan fingerprint density at radius 2 is 1.05 bits per heavy atom. The van der Waals surface area contributed by atoms with Crippen LogP contribution in [0.4, 0.5) is 11.4 Å². The van der Waals surface area contributed by atoms with E-state index in [-0.39, 0.29) is 0 Å². The van der Waals surface area contributed by atoms with Crippen LogP contribution in [0.1, 0.15) is 11.1 Å². The zero-order valence-electron chi connectivity index (χ0n) is 12.1. The van der Waals surface area contributed by atoms with Gasteiger partial charge in [-0.25, -0.2) is 0 Å². The molecule has 1 aliphatic heterocycles. The number of nitrogens with one attached hydrogen (secondary N) is 1. The van der Waals surface area contributed by atoms with Gasteiger partial charge in [0.1, 0.15) is 0 Å². The monoisotopic (exact) mass is 281 g/mol. The summed E-state index contributed by atoms with van der Waals surface area (Å²) in [5.74, 6) is 0. The number of benzene rings is 4. The van der Waals surface area contributed by atoms with Crippen LogP contribution in [0.25, 0.3) is 21.5 Å². The molecule has 1 nitrogen and oxygen atoms in total. The first-order valence-electron chi connectivity index (χ1n) is 7.68. The van der Waals surface area contributed by atoms with E-state index in [2.05, 4.69) is 78.1 Å². The number of rotatable bonds is 0. The van der Waals surface area contributed by atoms with Gasteiger partial charge in [0.15, 0.2) is 0 Å². The average Bonchev–Trinajstić information content (AvgIpc) is 2.60. The smallest absolute Gasteiger partial charge is 0.0426 e. The van der Waals surface area contributed by atoms with E-state index in [1.807, 2.05) is 0 Å². The molecule has 0 atom stereocenters. The fourth-order valence-corrected chi connectivity index (χ4v) is 3.61. The number of hydrogen-bond donors (Lipinski definition) is 1. The van der Waals surface area contributed by atoms with Crippen LogP contribution in [0.15, 0.2) is 72.8 Å². The first-order valence-corrected chi connectivity index (χ1v) is 7.68. The topological polar surface area (TPSA) is 12.0 Å². The molecule has 0 aromatic heterocycles. The lowest BCUT2D eigenvalue weighted by Crippen LogP contribution is -2.07. The third-order valence-corrected chi connectivity index (χ3v) is 4.70. The van der Waals surface area contributed by atoms with E-state index >= 15 is 0 Å². The molecule has 0 unspecified atom stereocenters. The van der Waals surface area contributed by atoms with Crippen molar-refractivity contribution in [1.29, 1.82) is 0 Å². The molecule has 1 N–H and O–H groups in total. The van der Waals surface area contributed by atoms with Crippen LogP contribution in [0.3, 0.4) is 0 Å². The van der Waals surface area contributed by atoms with Crippen LogP contribution >= 0.6 is 0 Å². The molecule has 1 heteroatoms. The zero-order valence-corrected chi connectivity index (χ0v) is 12.1. The minimum absolute atomic E-state index is 0.986. The highest BCUT2D eigenvalue weighted by Gasteiger charge is 2.18. The van der Waals surface area contributed by atoms with Crippen LogP contribution in [-0.2, 0) is 6.42 Å². The van der Waals surface area contributed by atoms with Gasteiger partial charge in [-0.05, 0) is 44.8 Å². The number of hydrogen-bond acceptors (Lipinski definition) is 1. The SMILES string of the molecule is c1ccc2c3c(ccc2c1)Nc1ccc2ccccc2c1C3. The summed E-state index contributed by atoms with van der Waals surface area (Å²) in [4.78, 5) is 0. The lowest BCUT2D eigenvalue weighted by molar-refractivity contribution is 1.20. The number of anilines is 2. The van der Waals surface area contributed by atoms with Crippen molar-refractivity contribution in [3.63, 3.8) is 0 Å². The van der Waals surface area contributed by atoms with Gasteiger partial charge < -0.3 is 5.32 Å². The molecule has 1 aliphatic rings. The standard InChI is InChI=1S/C21H15N/c1-3-7-16-14(5-1)9-11-20-18(16)13-19-17-8-4-2-6-15(17)10-12-21(19)22-20/h1-12,22H,13H2. The van der Waals surface area contributed by atoms with Crippen molar-refractivity contribution in [3.8, 4) is 0 Å². The van der Waals surface area contributed by atoms with Crippen LogP contribution in [0, 0.1) is 0 Å². The van der Waals surface area contributed by atoms with Gasteiger partial charge in [0.05, 0.1) is 0 Å². The van der Waals surface area contributed by atoms with Gasteiger partial charge in [0.2, 0.25) is 0 Å². The van der Waals surface area contributed by atoms with Gasteiger partial charge in [0.25, 0.3) is 0 Å². The minimum Gasteiger partial charge on any atom is -0.355 e. The van der Waals surface area contributed by atoms with Crippen molar-refractivity contribution >= 4 is 32.9 Å². The maximum absolute atomic E-state index is 3.62. The minimum atomic E-state index is 0.986. The van der Waals surface area contributed by atoms with Gasteiger partial charge in [0, 0.05) is 17.8 Å². The van der Waals surface area contributed by atoms with E-state index in [0.717, 1.165) is 6.42 Å². The Kier molecular flexibility index (Phi) is 2.33. The summed E-state index contributed by atoms with van der Waals surface area (Å²) in [5, 5.41) is 8.95. The molecular weight excluding hydrogens is 266 g/mol. The number of fused-ring (bicyclic) bond motifs is 6. The normalized spacial score (nSPS) is 12.7. The summed E-state index contributed by atoms with van der Waals surface area (Å²) in [5.41, 5.74) is 5.28. The Morgan fingerprint density at radius 3 is 1.59 bits per heavy atom. The summed E-state index contributed by atoms with van der Waals surface area (Å²) in [6.45, 7) is 0. The molecule has 5 rings (SSSR count). The second-order valence-electron chi connectivity index (χ2n) is 5.93. The highest BCUT2D eigenvalue weighted by molar-refractivity contribution is 5.97. The van der Waals surface area contributed by atoms with Crippen molar-refractivity contribution in [1.82, 2.24) is 0 Å². The van der Waals surface area contributed by atoms with Crippen LogP contribution in [-0.4, -0.2) is 0 Å². The molecule has 0 saturated carbocycles. The molecule has 0 saturated heterocycles. The van der Waals surface area contributed by atoms with Crippen molar-refractivity contribution in [3.05, 3.63) is 83.9 Å². The molecule has 4 aromatic rings. The molecule has 0 radical (unpaired) electrons. The van der Waals surface area contributed by atoms with Gasteiger partial charge in [-0.2, -0.15) is 0 Å². The molecule has 1 heterocycles. The van der Waals surface area contributed by atoms with Gasteiger partial charge in [-0.15, -0.1) is 0 Å². The fraction of sp³-hybridized carbons (Fsp3) is 0.0476. The second kappa shape index (κ2) is 4.35. The van der Waals surface area contributed by atoms with Crippen LogP contribution < -0.4 is 5.32 Å². The van der Waals surface area contributed by atoms with Gasteiger partial charge >= 0.3 is 0 Å². The van der Waals surface area contributed by atoms with E-state index in [9.17, 15) is 0 Å². The maximum Gasteiger partial charge on any atom is 0.0426 e. The second-order valence-corrected chi connectivity index (χ2v) is 5.93. The Balaban J connectivity index is 1.80. The summed E-state index contributed by atoms with van der Waals surface area (Å²) in [7, 11) is 0. The predicted octanol–water partition coefficient (Wildman–Crippen LogP) is 5.64. The summed E-state index contributed by atoms with van der Waals surface area (Å²) >= 11 is 0. The van der Waals surface area contributed by atoms with Crippen LogP contribution in [0.5, 0.6) is 0 Å². The Labute approximate surface area is 129 Å². The Hall–Kier alpha value is -2.80. The summed E-state index contributed by atoms with van der Waals surface area (Å²) < 4.78 is 0. The molecule has 0 aliphatic carbocycles. The Morgan fingerprint density at radius 1 is 0.545 bits per heavy atom. The van der Waals surface area contributed by atoms with E-state index in [0.29, 0.717) is 0 Å². The van der Waals surface area contributed by atoms with E-state index < -0.39 is 0 Å². The van der Waals surface area contributed by atoms with Crippen molar-refractivity contribution in [2.24, 2.45) is 0 Å². The molecule has 0 amide bonds. The average molecular weight is 281 g/mol. The quantitative estimate of drug-likeness (QED) is 0.387. The summed E-state index contributed by atoms with van der Waals surface area (Å²) in [6, 6.07) is 26.1. The zero-order chi connectivity index (χ0) is 14.5. The highest BCUT2D eigenvalue weighted by Crippen LogP contribution is 2.39. The molecule has 4 aromatic carbocycles. The lowest BCUT2D eigenvalue weighted by Gasteiger charge is -2.24. The van der Waals surface area contributed by atoms with E-state index in [4.69, 9.17) is 0 Å². The van der Waals surface area contributed by atoms with Crippen molar-refractivity contribution in [2.75, 3.05) is 5.32 Å². The molecule has 104 valence electrons. The molecule has 0 spiro atoms. The van der Waals surface area contributed by atoms with Crippen molar-refractivity contribution in [2.45, 2.75) is 6.42 Å². The largest absolute Gasteiger partial charge is 0.355 e. The summed E-state index contributed by atoms with van der Waals surface area (Å²) in [6.07, 6.45) is 0.986. The highest BCUT2D eigenvalue weighted by atomic mass is 14.9. The van der Waals surface area contributed by atoms with E-state index in [1.165, 1.54) is 44.0 Å². The first kappa shape index (κ1) is 11.8. The maximum atomic E-state index is 3.62. The van der Waals surface area contributed by atoms with E-state index in [1.54, 1.807) is 0 Å². The first-order chi connectivity index (χ1) is 10.9. The third kappa shape index (κ3) is 1.59. The molecule has 0 bridgehead atoms. The third-order valence-electron chi connectivity index (χ3n) is 4.70.